The zero-order valence-electron chi connectivity index (χ0n) is 13.1. The smallest absolute Gasteiger partial charge is 0.170 e. The monoisotopic (exact) mass is 313 g/mol. The molecule has 2 rings (SSSR count). The number of hydrogen-bond donors (Lipinski definition) is 1. The van der Waals surface area contributed by atoms with Crippen molar-refractivity contribution in [2.75, 3.05) is 6.54 Å². The van der Waals surface area contributed by atoms with Crippen LogP contribution in [-0.2, 0) is 6.42 Å². The molecule has 1 fully saturated rings. The van der Waals surface area contributed by atoms with E-state index in [9.17, 15) is 0 Å². The summed E-state index contributed by atoms with van der Waals surface area (Å²) in [4.78, 5) is 4.61. The minimum atomic E-state index is 0.397. The average molecular weight is 314 g/mol. The Morgan fingerprint density at radius 1 is 1.35 bits per heavy atom. The third kappa shape index (κ3) is 3.95. The lowest BCUT2D eigenvalue weighted by Gasteiger charge is -2.41. The van der Waals surface area contributed by atoms with Gasteiger partial charge < -0.3 is 5.73 Å². The van der Waals surface area contributed by atoms with Gasteiger partial charge in [-0.25, -0.2) is 4.98 Å². The second-order valence-corrected chi connectivity index (χ2v) is 9.10. The Bertz CT molecular complexity index is 425. The van der Waals surface area contributed by atoms with E-state index in [1.807, 2.05) is 11.8 Å². The van der Waals surface area contributed by atoms with Crippen molar-refractivity contribution in [3.05, 3.63) is 5.82 Å². The Kier molecular flexibility index (Phi) is 5.49. The fourth-order valence-electron chi connectivity index (χ4n) is 2.95. The molecular formula is C15H27N3S2. The molecule has 1 saturated carbocycles. The molecule has 1 aromatic heterocycles. The van der Waals surface area contributed by atoms with Crippen LogP contribution in [0.5, 0.6) is 0 Å². The van der Waals surface area contributed by atoms with Crippen molar-refractivity contribution < 1.29 is 0 Å². The molecule has 1 aromatic rings. The Morgan fingerprint density at radius 3 is 2.65 bits per heavy atom. The Hall–Kier alpha value is -0.130. The highest BCUT2D eigenvalue weighted by Crippen LogP contribution is 2.45. The highest BCUT2D eigenvalue weighted by molar-refractivity contribution is 8.01. The van der Waals surface area contributed by atoms with E-state index in [4.69, 9.17) is 5.73 Å². The zero-order chi connectivity index (χ0) is 14.8. The second kappa shape index (κ2) is 6.75. The molecule has 0 saturated heterocycles. The third-order valence-electron chi connectivity index (χ3n) is 4.47. The van der Waals surface area contributed by atoms with Crippen molar-refractivity contribution in [2.24, 2.45) is 23.0 Å². The highest BCUT2D eigenvalue weighted by atomic mass is 32.2. The van der Waals surface area contributed by atoms with Crippen molar-refractivity contribution in [3.8, 4) is 0 Å². The SMILES string of the molecule is CCc1nsc(SC2CC(C(C)(C)C)CCC2CN)n1. The van der Waals surface area contributed by atoms with Crippen LogP contribution in [0.25, 0.3) is 0 Å². The molecule has 1 aliphatic rings. The van der Waals surface area contributed by atoms with Gasteiger partial charge in [0.15, 0.2) is 4.34 Å². The van der Waals surface area contributed by atoms with Crippen molar-refractivity contribution >= 4 is 23.3 Å². The number of hydrogen-bond acceptors (Lipinski definition) is 5. The summed E-state index contributed by atoms with van der Waals surface area (Å²) in [5.74, 6) is 2.40. The predicted molar refractivity (Wildman–Crippen MR) is 88.3 cm³/mol. The molecule has 114 valence electrons. The van der Waals surface area contributed by atoms with Gasteiger partial charge in [-0.3, -0.25) is 0 Å². The van der Waals surface area contributed by atoms with Gasteiger partial charge in [0.05, 0.1) is 0 Å². The first-order valence-corrected chi connectivity index (χ1v) is 9.28. The lowest BCUT2D eigenvalue weighted by Crippen LogP contribution is -2.36. The summed E-state index contributed by atoms with van der Waals surface area (Å²) in [6.07, 6.45) is 4.76. The second-order valence-electron chi connectivity index (χ2n) is 6.86. The fraction of sp³-hybridized carbons (Fsp3) is 0.867. The maximum atomic E-state index is 5.99. The van der Waals surface area contributed by atoms with Crippen molar-refractivity contribution in [1.29, 1.82) is 0 Å². The van der Waals surface area contributed by atoms with E-state index in [1.165, 1.54) is 19.3 Å². The zero-order valence-corrected chi connectivity index (χ0v) is 14.7. The molecule has 20 heavy (non-hydrogen) atoms. The minimum Gasteiger partial charge on any atom is -0.330 e. The molecule has 1 aliphatic carbocycles. The van der Waals surface area contributed by atoms with Gasteiger partial charge in [0, 0.05) is 11.7 Å². The van der Waals surface area contributed by atoms with E-state index < -0.39 is 0 Å². The lowest BCUT2D eigenvalue weighted by molar-refractivity contribution is 0.157. The largest absolute Gasteiger partial charge is 0.330 e. The summed E-state index contributed by atoms with van der Waals surface area (Å²) in [6.45, 7) is 10.00. The summed E-state index contributed by atoms with van der Waals surface area (Å²) in [5, 5.41) is 0.607. The van der Waals surface area contributed by atoms with Crippen LogP contribution in [0.1, 0.15) is 52.8 Å². The van der Waals surface area contributed by atoms with Gasteiger partial charge in [0.1, 0.15) is 5.82 Å². The van der Waals surface area contributed by atoms with E-state index in [2.05, 4.69) is 37.1 Å². The van der Waals surface area contributed by atoms with Crippen LogP contribution in [-0.4, -0.2) is 21.2 Å². The molecule has 0 aliphatic heterocycles. The van der Waals surface area contributed by atoms with Crippen LogP contribution >= 0.6 is 23.3 Å². The standard InChI is InChI=1S/C15H27N3S2/c1-5-13-17-14(20-18-13)19-12-8-11(15(2,3)4)7-6-10(12)9-16/h10-12H,5-9,16H2,1-4H3. The topological polar surface area (TPSA) is 51.8 Å². The van der Waals surface area contributed by atoms with Crippen molar-refractivity contribution in [1.82, 2.24) is 9.36 Å². The highest BCUT2D eigenvalue weighted by Gasteiger charge is 2.36. The van der Waals surface area contributed by atoms with Crippen LogP contribution in [0.4, 0.5) is 0 Å². The van der Waals surface area contributed by atoms with Crippen molar-refractivity contribution in [3.63, 3.8) is 0 Å². The molecule has 0 amide bonds. The van der Waals surface area contributed by atoms with E-state index in [1.54, 1.807) is 11.5 Å². The molecular weight excluding hydrogens is 286 g/mol. The van der Waals surface area contributed by atoms with Gasteiger partial charge in [-0.1, -0.05) is 39.5 Å². The summed E-state index contributed by atoms with van der Waals surface area (Å²) in [7, 11) is 0. The number of nitrogens with zero attached hydrogens (tertiary/aromatic N) is 2. The number of aryl methyl sites for hydroxylation is 1. The minimum absolute atomic E-state index is 0.397. The maximum Gasteiger partial charge on any atom is 0.170 e. The average Bonchev–Trinajstić information content (AvgIpc) is 2.85. The normalized spacial score (nSPS) is 27.8. The van der Waals surface area contributed by atoms with Crippen LogP contribution in [0.3, 0.4) is 0 Å². The first kappa shape index (κ1) is 16.2. The summed E-state index contributed by atoms with van der Waals surface area (Å²) in [5.41, 5.74) is 6.38. The quantitative estimate of drug-likeness (QED) is 0.913. The Labute approximate surface area is 131 Å². The molecule has 2 N–H and O–H groups in total. The molecule has 0 radical (unpaired) electrons. The molecule has 1 heterocycles. The van der Waals surface area contributed by atoms with Gasteiger partial charge in [-0.05, 0) is 54.6 Å². The molecule has 3 unspecified atom stereocenters. The summed E-state index contributed by atoms with van der Waals surface area (Å²) in [6, 6.07) is 0. The molecule has 3 nitrogen and oxygen atoms in total. The summed E-state index contributed by atoms with van der Waals surface area (Å²) >= 11 is 3.47. The Balaban J connectivity index is 2.05. The van der Waals surface area contributed by atoms with E-state index in [0.29, 0.717) is 16.6 Å². The molecule has 0 bridgehead atoms. The Morgan fingerprint density at radius 2 is 2.10 bits per heavy atom. The van der Waals surface area contributed by atoms with Crippen LogP contribution in [0.2, 0.25) is 0 Å². The van der Waals surface area contributed by atoms with Gasteiger partial charge in [-0.2, -0.15) is 4.37 Å². The van der Waals surface area contributed by atoms with Crippen LogP contribution in [0.15, 0.2) is 4.34 Å². The van der Waals surface area contributed by atoms with Crippen LogP contribution < -0.4 is 5.73 Å². The molecule has 3 atom stereocenters. The van der Waals surface area contributed by atoms with E-state index >= 15 is 0 Å². The first-order valence-electron chi connectivity index (χ1n) is 7.63. The third-order valence-corrected chi connectivity index (χ3v) is 6.71. The fourth-order valence-corrected chi connectivity index (χ4v) is 5.29. The van der Waals surface area contributed by atoms with Crippen molar-refractivity contribution in [2.45, 2.75) is 63.0 Å². The maximum absolute atomic E-state index is 5.99. The van der Waals surface area contributed by atoms with E-state index in [0.717, 1.165) is 29.0 Å². The predicted octanol–water partition coefficient (Wildman–Crippen LogP) is 3.98. The number of rotatable bonds is 4. The van der Waals surface area contributed by atoms with Crippen LogP contribution in [0, 0.1) is 17.3 Å². The van der Waals surface area contributed by atoms with E-state index in [-0.39, 0.29) is 0 Å². The van der Waals surface area contributed by atoms with Gasteiger partial charge in [-0.15, -0.1) is 0 Å². The molecule has 0 spiro atoms. The number of thioether (sulfide) groups is 1. The van der Waals surface area contributed by atoms with Gasteiger partial charge >= 0.3 is 0 Å². The number of nitrogens with two attached hydrogens (primary N) is 1. The number of aromatic nitrogens is 2. The van der Waals surface area contributed by atoms with Gasteiger partial charge in [0.25, 0.3) is 0 Å². The molecule has 5 heteroatoms. The lowest BCUT2D eigenvalue weighted by atomic mass is 9.69. The first-order chi connectivity index (χ1) is 9.44. The molecule has 0 aromatic carbocycles. The summed E-state index contributed by atoms with van der Waals surface area (Å²) < 4.78 is 5.52. The van der Waals surface area contributed by atoms with Gasteiger partial charge in [0.2, 0.25) is 0 Å².